The summed E-state index contributed by atoms with van der Waals surface area (Å²) < 4.78 is 5.72. The van der Waals surface area contributed by atoms with Gasteiger partial charge in [0.05, 0.1) is 29.9 Å². The van der Waals surface area contributed by atoms with E-state index in [1.54, 1.807) is 67.0 Å². The third kappa shape index (κ3) is 4.38. The minimum Gasteiger partial charge on any atom is -0.507 e. The van der Waals surface area contributed by atoms with E-state index in [1.807, 2.05) is 26.8 Å². The Morgan fingerprint density at radius 2 is 1.91 bits per heavy atom. The highest BCUT2D eigenvalue weighted by atomic mass is 16.5. The highest BCUT2D eigenvalue weighted by Crippen LogP contribution is 2.42. The second-order valence-corrected chi connectivity index (χ2v) is 8.45. The molecule has 1 fully saturated rings. The van der Waals surface area contributed by atoms with Gasteiger partial charge in [0, 0.05) is 23.6 Å². The average molecular weight is 468 g/mol. The van der Waals surface area contributed by atoms with Gasteiger partial charge in [0.2, 0.25) is 0 Å². The number of nitrogens with zero attached hydrogens (tertiary/aromatic N) is 3. The number of hydrogen-bond donors (Lipinski definition) is 1. The van der Waals surface area contributed by atoms with Crippen LogP contribution in [-0.2, 0) is 9.59 Å². The summed E-state index contributed by atoms with van der Waals surface area (Å²) in [7, 11) is 0. The van der Waals surface area contributed by atoms with Crippen LogP contribution in [-0.4, -0.2) is 28.4 Å². The Morgan fingerprint density at radius 3 is 2.51 bits per heavy atom. The number of rotatable bonds is 6. The first-order chi connectivity index (χ1) is 16.9. The van der Waals surface area contributed by atoms with E-state index in [-0.39, 0.29) is 17.3 Å². The van der Waals surface area contributed by atoms with Crippen LogP contribution in [0, 0.1) is 11.3 Å². The maximum Gasteiger partial charge on any atom is 0.300 e. The summed E-state index contributed by atoms with van der Waals surface area (Å²) in [5.74, 6) is -1.00. The maximum absolute atomic E-state index is 13.3. The number of anilines is 1. The first-order valence-electron chi connectivity index (χ1n) is 11.4. The largest absolute Gasteiger partial charge is 0.507 e. The normalized spacial score (nSPS) is 17.0. The zero-order chi connectivity index (χ0) is 25.1. The molecule has 176 valence electrons. The summed E-state index contributed by atoms with van der Waals surface area (Å²) in [6, 6.07) is 16.3. The molecule has 1 saturated heterocycles. The SMILES string of the molecule is CCOc1ccc(/C(O)=C2/C(=O)C(=O)N(c3ccc(C#N)cc3)C2c2cccnc2)cc1C(C)C. The molecule has 0 aliphatic carbocycles. The zero-order valence-corrected chi connectivity index (χ0v) is 19.7. The molecule has 0 bridgehead atoms. The fraction of sp³-hybridized carbons (Fsp3) is 0.214. The van der Waals surface area contributed by atoms with Crippen molar-refractivity contribution < 1.29 is 19.4 Å². The summed E-state index contributed by atoms with van der Waals surface area (Å²) in [4.78, 5) is 32.0. The van der Waals surface area contributed by atoms with Crippen molar-refractivity contribution in [2.45, 2.75) is 32.7 Å². The van der Waals surface area contributed by atoms with Gasteiger partial charge in [-0.1, -0.05) is 19.9 Å². The Hall–Kier alpha value is -4.44. The molecule has 1 amide bonds. The van der Waals surface area contributed by atoms with Crippen molar-refractivity contribution in [3.63, 3.8) is 0 Å². The topological polar surface area (TPSA) is 104 Å². The standard InChI is InChI=1S/C28H25N3O4/c1-4-35-23-12-9-19(14-22(23)17(2)3)26(32)24-25(20-6-5-13-30-16-20)31(28(34)27(24)33)21-10-7-18(15-29)8-11-21/h5-14,16-17,25,32H,4H2,1-3H3/b26-24-. The van der Waals surface area contributed by atoms with Crippen molar-refractivity contribution in [1.82, 2.24) is 4.98 Å². The van der Waals surface area contributed by atoms with Crippen molar-refractivity contribution in [2.24, 2.45) is 0 Å². The Kier molecular flexibility index (Phi) is 6.65. The molecular formula is C28H25N3O4. The number of nitriles is 1. The minimum atomic E-state index is -0.884. The summed E-state index contributed by atoms with van der Waals surface area (Å²) in [6.07, 6.45) is 3.16. The number of carbonyl (C=O) groups excluding carboxylic acids is 2. The molecule has 1 aromatic heterocycles. The second kappa shape index (κ2) is 9.82. The van der Waals surface area contributed by atoms with E-state index in [1.165, 1.54) is 4.90 Å². The molecule has 0 spiro atoms. The van der Waals surface area contributed by atoms with Crippen LogP contribution < -0.4 is 9.64 Å². The van der Waals surface area contributed by atoms with Crippen LogP contribution in [0.4, 0.5) is 5.69 Å². The fourth-order valence-electron chi connectivity index (χ4n) is 4.24. The quantitative estimate of drug-likeness (QED) is 0.307. The summed E-state index contributed by atoms with van der Waals surface area (Å²) in [5.41, 5.74) is 2.73. The van der Waals surface area contributed by atoms with Gasteiger partial charge in [0.15, 0.2) is 0 Å². The molecule has 7 heteroatoms. The fourth-order valence-corrected chi connectivity index (χ4v) is 4.24. The smallest absolute Gasteiger partial charge is 0.300 e. The lowest BCUT2D eigenvalue weighted by Crippen LogP contribution is -2.29. The van der Waals surface area contributed by atoms with Crippen LogP contribution in [0.3, 0.4) is 0 Å². The molecule has 2 heterocycles. The van der Waals surface area contributed by atoms with Gasteiger partial charge >= 0.3 is 0 Å². The van der Waals surface area contributed by atoms with Gasteiger partial charge in [-0.05, 0) is 72.5 Å². The zero-order valence-electron chi connectivity index (χ0n) is 19.7. The van der Waals surface area contributed by atoms with E-state index in [4.69, 9.17) is 10.00 Å². The predicted octanol–water partition coefficient (Wildman–Crippen LogP) is 5.10. The van der Waals surface area contributed by atoms with E-state index in [9.17, 15) is 14.7 Å². The summed E-state index contributed by atoms with van der Waals surface area (Å²) in [5, 5.41) is 20.5. The van der Waals surface area contributed by atoms with Crippen LogP contribution in [0.5, 0.6) is 5.75 Å². The number of carbonyl (C=O) groups is 2. The van der Waals surface area contributed by atoms with E-state index < -0.39 is 17.7 Å². The van der Waals surface area contributed by atoms with E-state index >= 15 is 0 Å². The number of aromatic nitrogens is 1. The molecule has 0 radical (unpaired) electrons. The van der Waals surface area contributed by atoms with Crippen molar-refractivity contribution in [3.05, 3.63) is 94.8 Å². The summed E-state index contributed by atoms with van der Waals surface area (Å²) in [6.45, 7) is 6.43. The number of amides is 1. The molecule has 1 N–H and O–H groups in total. The molecule has 7 nitrogen and oxygen atoms in total. The monoisotopic (exact) mass is 467 g/mol. The molecular weight excluding hydrogens is 442 g/mol. The molecule has 4 rings (SSSR count). The van der Waals surface area contributed by atoms with Crippen molar-refractivity contribution in [2.75, 3.05) is 11.5 Å². The number of hydrogen-bond acceptors (Lipinski definition) is 6. The first-order valence-corrected chi connectivity index (χ1v) is 11.4. The Balaban J connectivity index is 1.91. The van der Waals surface area contributed by atoms with Gasteiger partial charge in [-0.15, -0.1) is 0 Å². The lowest BCUT2D eigenvalue weighted by Gasteiger charge is -2.25. The highest BCUT2D eigenvalue weighted by Gasteiger charge is 2.47. The molecule has 2 aromatic carbocycles. The number of Topliss-reactive ketones (excluding diaryl/α,β-unsaturated/α-hetero) is 1. The van der Waals surface area contributed by atoms with Crippen molar-refractivity contribution >= 4 is 23.1 Å². The maximum atomic E-state index is 13.3. The van der Waals surface area contributed by atoms with Crippen molar-refractivity contribution in [1.29, 1.82) is 5.26 Å². The first kappa shape index (κ1) is 23.7. The Morgan fingerprint density at radius 1 is 1.17 bits per heavy atom. The van der Waals surface area contributed by atoms with E-state index in [0.29, 0.717) is 34.7 Å². The Bertz CT molecular complexity index is 1340. The van der Waals surface area contributed by atoms with Gasteiger partial charge < -0.3 is 9.84 Å². The van der Waals surface area contributed by atoms with Gasteiger partial charge in [-0.3, -0.25) is 19.5 Å². The highest BCUT2D eigenvalue weighted by molar-refractivity contribution is 6.51. The second-order valence-electron chi connectivity index (χ2n) is 8.45. The van der Waals surface area contributed by atoms with E-state index in [2.05, 4.69) is 4.98 Å². The van der Waals surface area contributed by atoms with Crippen LogP contribution in [0.15, 0.2) is 72.6 Å². The Labute approximate surface area is 203 Å². The van der Waals surface area contributed by atoms with Crippen LogP contribution in [0.1, 0.15) is 55.0 Å². The van der Waals surface area contributed by atoms with Crippen LogP contribution in [0.25, 0.3) is 5.76 Å². The van der Waals surface area contributed by atoms with Crippen LogP contribution in [0.2, 0.25) is 0 Å². The molecule has 1 atom stereocenters. The third-order valence-corrected chi connectivity index (χ3v) is 5.92. The van der Waals surface area contributed by atoms with Gasteiger partial charge in [0.1, 0.15) is 11.5 Å². The average Bonchev–Trinajstić information content (AvgIpc) is 3.14. The number of pyridine rings is 1. The number of benzene rings is 2. The predicted molar refractivity (Wildman–Crippen MR) is 132 cm³/mol. The minimum absolute atomic E-state index is 0.0220. The number of ether oxygens (including phenoxy) is 1. The van der Waals surface area contributed by atoms with Gasteiger partial charge in [-0.2, -0.15) is 5.26 Å². The third-order valence-electron chi connectivity index (χ3n) is 5.92. The number of aliphatic hydroxyl groups is 1. The lowest BCUT2D eigenvalue weighted by molar-refractivity contribution is -0.132. The molecule has 0 saturated carbocycles. The van der Waals surface area contributed by atoms with Crippen LogP contribution >= 0.6 is 0 Å². The van der Waals surface area contributed by atoms with Gasteiger partial charge in [-0.25, -0.2) is 0 Å². The molecule has 1 unspecified atom stereocenters. The molecule has 3 aromatic rings. The number of aliphatic hydroxyl groups excluding tert-OH is 1. The summed E-state index contributed by atoms with van der Waals surface area (Å²) >= 11 is 0. The molecule has 1 aliphatic heterocycles. The van der Waals surface area contributed by atoms with Gasteiger partial charge in [0.25, 0.3) is 11.7 Å². The molecule has 1 aliphatic rings. The van der Waals surface area contributed by atoms with Crippen molar-refractivity contribution in [3.8, 4) is 11.8 Å². The number of ketones is 1. The van der Waals surface area contributed by atoms with E-state index in [0.717, 1.165) is 5.56 Å². The molecule has 35 heavy (non-hydrogen) atoms. The lowest BCUT2D eigenvalue weighted by atomic mass is 9.93.